The van der Waals surface area contributed by atoms with Crippen LogP contribution >= 0.6 is 0 Å². The van der Waals surface area contributed by atoms with Gasteiger partial charge in [0.1, 0.15) is 5.75 Å². The molecule has 1 saturated heterocycles. The Kier molecular flexibility index (Phi) is 6.35. The molecule has 0 unspecified atom stereocenters. The minimum atomic E-state index is -4.55. The summed E-state index contributed by atoms with van der Waals surface area (Å²) in [6, 6.07) is 3.52. The Morgan fingerprint density at radius 3 is 2.26 bits per heavy atom. The predicted octanol–water partition coefficient (Wildman–Crippen LogP) is 2.55. The molecule has 0 aliphatic carbocycles. The van der Waals surface area contributed by atoms with E-state index in [0.29, 0.717) is 5.75 Å². The fourth-order valence-corrected chi connectivity index (χ4v) is 3.40. The van der Waals surface area contributed by atoms with E-state index >= 15 is 0 Å². The Hall–Kier alpha value is -2.29. The van der Waals surface area contributed by atoms with Gasteiger partial charge in [-0.05, 0) is 30.5 Å². The van der Waals surface area contributed by atoms with Crippen LogP contribution in [0.15, 0.2) is 12.1 Å². The van der Waals surface area contributed by atoms with Crippen molar-refractivity contribution in [3.63, 3.8) is 0 Å². The number of benzene rings is 1. The van der Waals surface area contributed by atoms with Crippen LogP contribution in [0, 0.1) is 25.7 Å². The average Bonchev–Trinajstić information content (AvgIpc) is 2.98. The van der Waals surface area contributed by atoms with Crippen molar-refractivity contribution in [2.45, 2.75) is 26.6 Å². The van der Waals surface area contributed by atoms with Gasteiger partial charge in [0, 0.05) is 19.6 Å². The maximum Gasteiger partial charge on any atom is 0.393 e. The van der Waals surface area contributed by atoms with Crippen LogP contribution in [0.25, 0.3) is 0 Å². The summed E-state index contributed by atoms with van der Waals surface area (Å²) in [5.41, 5.74) is 2.22. The zero-order chi connectivity index (χ0) is 20.4. The van der Waals surface area contributed by atoms with E-state index < -0.39 is 30.0 Å². The van der Waals surface area contributed by atoms with Crippen molar-refractivity contribution in [1.82, 2.24) is 4.90 Å². The van der Waals surface area contributed by atoms with E-state index in [9.17, 15) is 22.8 Å². The molecular formula is C18H22F3NO5. The lowest BCUT2D eigenvalue weighted by atomic mass is 9.96. The van der Waals surface area contributed by atoms with Gasteiger partial charge in [-0.25, -0.2) is 4.79 Å². The van der Waals surface area contributed by atoms with Crippen LogP contribution in [0.4, 0.5) is 13.2 Å². The Bertz CT molecular complexity index is 696. The minimum Gasteiger partial charge on any atom is -0.481 e. The number of carboxylic acids is 1. The summed E-state index contributed by atoms with van der Waals surface area (Å²) in [6.45, 7) is 3.00. The summed E-state index contributed by atoms with van der Waals surface area (Å²) in [5.74, 6) is -4.77. The molecule has 6 nitrogen and oxygen atoms in total. The first kappa shape index (κ1) is 21.0. The van der Waals surface area contributed by atoms with Gasteiger partial charge >= 0.3 is 18.1 Å². The first-order valence-corrected chi connectivity index (χ1v) is 8.34. The summed E-state index contributed by atoms with van der Waals surface area (Å²) in [4.78, 5) is 23.9. The van der Waals surface area contributed by atoms with Crippen LogP contribution in [0.1, 0.15) is 16.7 Å². The van der Waals surface area contributed by atoms with Crippen molar-refractivity contribution in [3.05, 3.63) is 28.8 Å². The van der Waals surface area contributed by atoms with Crippen LogP contribution in [-0.4, -0.2) is 54.9 Å². The first-order chi connectivity index (χ1) is 12.5. The van der Waals surface area contributed by atoms with Gasteiger partial charge in [-0.3, -0.25) is 9.69 Å². The molecule has 1 aliphatic heterocycles. The maximum absolute atomic E-state index is 13.1. The van der Waals surface area contributed by atoms with Gasteiger partial charge in [-0.1, -0.05) is 12.1 Å². The van der Waals surface area contributed by atoms with E-state index in [1.807, 2.05) is 0 Å². The van der Waals surface area contributed by atoms with Crippen molar-refractivity contribution in [2.24, 2.45) is 11.8 Å². The molecule has 0 aromatic heterocycles. The lowest BCUT2D eigenvalue weighted by Crippen LogP contribution is -2.33. The average molecular weight is 389 g/mol. The van der Waals surface area contributed by atoms with Crippen molar-refractivity contribution in [2.75, 3.05) is 26.8 Å². The fourth-order valence-electron chi connectivity index (χ4n) is 3.40. The number of halogens is 3. The second-order valence-electron chi connectivity index (χ2n) is 6.71. The number of carbonyl (C=O) groups excluding carboxylic acids is 1. The van der Waals surface area contributed by atoms with E-state index in [4.69, 9.17) is 9.84 Å². The van der Waals surface area contributed by atoms with Crippen LogP contribution in [0.5, 0.6) is 5.75 Å². The van der Waals surface area contributed by atoms with E-state index in [-0.39, 0.29) is 26.2 Å². The maximum atomic E-state index is 13.1. The standard InChI is InChI=1S/C18H22F3NO5/c1-10-4-12(5-11(2)16(10)27-9-15(23)26-3)6-22-7-13(17(24)25)14(8-22)18(19,20)21/h4-5,13-14H,6-9H2,1-3H3,(H,24,25)/t13-,14-/m1/s1. The highest BCUT2D eigenvalue weighted by Gasteiger charge is 2.52. The number of likely N-dealkylation sites (tertiary alicyclic amines) is 1. The first-order valence-electron chi connectivity index (χ1n) is 8.34. The molecular weight excluding hydrogens is 367 g/mol. The third kappa shape index (κ3) is 5.12. The van der Waals surface area contributed by atoms with Gasteiger partial charge in [0.15, 0.2) is 6.61 Å². The van der Waals surface area contributed by atoms with Crippen LogP contribution in [0.2, 0.25) is 0 Å². The summed E-state index contributed by atoms with van der Waals surface area (Å²) in [5, 5.41) is 9.10. The summed E-state index contributed by atoms with van der Waals surface area (Å²) < 4.78 is 49.3. The molecule has 1 heterocycles. The number of alkyl halides is 3. The number of hydrogen-bond donors (Lipinski definition) is 1. The Morgan fingerprint density at radius 2 is 1.81 bits per heavy atom. The molecule has 0 radical (unpaired) electrons. The molecule has 2 atom stereocenters. The number of aliphatic carboxylic acids is 1. The van der Waals surface area contributed by atoms with Crippen LogP contribution < -0.4 is 4.74 Å². The van der Waals surface area contributed by atoms with Gasteiger partial charge in [0.25, 0.3) is 0 Å². The van der Waals surface area contributed by atoms with Crippen molar-refractivity contribution in [1.29, 1.82) is 0 Å². The van der Waals surface area contributed by atoms with Crippen molar-refractivity contribution in [3.8, 4) is 5.75 Å². The molecule has 0 amide bonds. The van der Waals surface area contributed by atoms with E-state index in [0.717, 1.165) is 16.7 Å². The highest BCUT2D eigenvalue weighted by atomic mass is 19.4. The molecule has 9 heteroatoms. The predicted molar refractivity (Wildman–Crippen MR) is 89.4 cm³/mol. The summed E-state index contributed by atoms with van der Waals surface area (Å²) in [7, 11) is 1.25. The molecule has 1 N–H and O–H groups in total. The fraction of sp³-hybridized carbons (Fsp3) is 0.556. The number of nitrogens with zero attached hydrogens (tertiary/aromatic N) is 1. The van der Waals surface area contributed by atoms with E-state index in [1.54, 1.807) is 26.0 Å². The number of carbonyl (C=O) groups is 2. The largest absolute Gasteiger partial charge is 0.481 e. The molecule has 1 aromatic carbocycles. The van der Waals surface area contributed by atoms with Gasteiger partial charge in [-0.2, -0.15) is 13.2 Å². The number of ether oxygens (including phenoxy) is 2. The highest BCUT2D eigenvalue weighted by molar-refractivity contribution is 5.71. The molecule has 150 valence electrons. The Labute approximate surface area is 154 Å². The summed E-state index contributed by atoms with van der Waals surface area (Å²) in [6.07, 6.45) is -4.55. The van der Waals surface area contributed by atoms with Gasteiger partial charge in [-0.15, -0.1) is 0 Å². The monoisotopic (exact) mass is 389 g/mol. The second kappa shape index (κ2) is 8.16. The van der Waals surface area contributed by atoms with Gasteiger partial charge < -0.3 is 14.6 Å². The highest BCUT2D eigenvalue weighted by Crippen LogP contribution is 2.38. The molecule has 0 spiro atoms. The van der Waals surface area contributed by atoms with Crippen molar-refractivity contribution < 1.29 is 37.3 Å². The number of hydrogen-bond acceptors (Lipinski definition) is 5. The Morgan fingerprint density at radius 1 is 1.22 bits per heavy atom. The number of carboxylic acid groups (broad SMARTS) is 1. The zero-order valence-corrected chi connectivity index (χ0v) is 15.3. The lowest BCUT2D eigenvalue weighted by Gasteiger charge is -2.19. The lowest BCUT2D eigenvalue weighted by molar-refractivity contribution is -0.188. The third-order valence-corrected chi connectivity index (χ3v) is 4.62. The molecule has 2 rings (SSSR count). The number of aryl methyl sites for hydroxylation is 2. The molecule has 0 bridgehead atoms. The Balaban J connectivity index is 2.12. The van der Waals surface area contributed by atoms with Crippen LogP contribution in [0.3, 0.4) is 0 Å². The van der Waals surface area contributed by atoms with E-state index in [2.05, 4.69) is 4.74 Å². The van der Waals surface area contributed by atoms with Crippen LogP contribution in [-0.2, 0) is 20.9 Å². The third-order valence-electron chi connectivity index (χ3n) is 4.62. The topological polar surface area (TPSA) is 76.1 Å². The molecule has 1 aliphatic rings. The smallest absolute Gasteiger partial charge is 0.393 e. The van der Waals surface area contributed by atoms with Gasteiger partial charge in [0.2, 0.25) is 0 Å². The van der Waals surface area contributed by atoms with Crippen molar-refractivity contribution >= 4 is 11.9 Å². The molecule has 1 aromatic rings. The molecule has 1 fully saturated rings. The van der Waals surface area contributed by atoms with E-state index in [1.165, 1.54) is 12.0 Å². The summed E-state index contributed by atoms with van der Waals surface area (Å²) >= 11 is 0. The normalized spacial score (nSPS) is 20.5. The van der Waals surface area contributed by atoms with Gasteiger partial charge in [0.05, 0.1) is 18.9 Å². The zero-order valence-electron chi connectivity index (χ0n) is 15.3. The molecule has 27 heavy (non-hydrogen) atoms. The number of methoxy groups -OCH3 is 1. The SMILES string of the molecule is COC(=O)COc1c(C)cc(CN2C[C@@H](C(F)(F)F)[C@H](C(=O)O)C2)cc1C. The second-order valence-corrected chi connectivity index (χ2v) is 6.71. The number of esters is 1. The quantitative estimate of drug-likeness (QED) is 0.754. The molecule has 0 saturated carbocycles. The minimum absolute atomic E-state index is 0.155. The number of rotatable bonds is 6.